The van der Waals surface area contributed by atoms with Crippen LogP contribution in [0, 0.1) is 12.7 Å². The maximum atomic E-state index is 13.4. The number of halogens is 1. The van der Waals surface area contributed by atoms with Gasteiger partial charge in [-0.2, -0.15) is 0 Å². The number of nitrogens with one attached hydrogen (secondary N) is 1. The van der Waals surface area contributed by atoms with E-state index in [1.807, 2.05) is 13.8 Å². The van der Waals surface area contributed by atoms with Crippen molar-refractivity contribution in [2.75, 3.05) is 19.8 Å². The van der Waals surface area contributed by atoms with Crippen LogP contribution in [0.2, 0.25) is 0 Å². The molecule has 1 unspecified atom stereocenters. The van der Waals surface area contributed by atoms with Crippen LogP contribution in [-0.4, -0.2) is 30.9 Å². The van der Waals surface area contributed by atoms with Crippen molar-refractivity contribution in [3.63, 3.8) is 0 Å². The van der Waals surface area contributed by atoms with Crippen LogP contribution in [0.3, 0.4) is 0 Å². The topological polar surface area (TPSA) is 41.5 Å². The van der Waals surface area contributed by atoms with E-state index in [0.717, 1.165) is 12.1 Å². The maximum absolute atomic E-state index is 13.4. The molecule has 0 saturated heterocycles. The number of benzene rings is 1. The zero-order chi connectivity index (χ0) is 12.7. The Labute approximate surface area is 102 Å². The number of ether oxygens (including phenoxy) is 1. The summed E-state index contributed by atoms with van der Waals surface area (Å²) in [6.07, 6.45) is 0.598. The average Bonchev–Trinajstić information content (AvgIpc) is 2.30. The van der Waals surface area contributed by atoms with Crippen LogP contribution >= 0.6 is 0 Å². The summed E-state index contributed by atoms with van der Waals surface area (Å²) in [6, 6.07) is 4.83. The van der Waals surface area contributed by atoms with Crippen molar-refractivity contribution in [1.82, 2.24) is 5.32 Å². The Balaban J connectivity index is 2.55. The molecule has 0 saturated carbocycles. The minimum Gasteiger partial charge on any atom is -0.489 e. The molecule has 0 aliphatic carbocycles. The summed E-state index contributed by atoms with van der Waals surface area (Å²) >= 11 is 0. The zero-order valence-corrected chi connectivity index (χ0v) is 10.4. The normalized spacial score (nSPS) is 12.5. The molecule has 2 N–H and O–H groups in total. The summed E-state index contributed by atoms with van der Waals surface area (Å²) in [7, 11) is 0. The smallest absolute Gasteiger partial charge is 0.165 e. The molecule has 1 aromatic rings. The lowest BCUT2D eigenvalue weighted by Gasteiger charge is -2.17. The number of hydrogen-bond donors (Lipinski definition) is 2. The van der Waals surface area contributed by atoms with Crippen molar-refractivity contribution >= 4 is 0 Å². The van der Waals surface area contributed by atoms with Crippen molar-refractivity contribution in [1.29, 1.82) is 0 Å². The first-order valence-corrected chi connectivity index (χ1v) is 5.90. The van der Waals surface area contributed by atoms with Gasteiger partial charge in [-0.05, 0) is 37.6 Å². The second-order valence-electron chi connectivity index (χ2n) is 4.01. The molecule has 0 radical (unpaired) electrons. The van der Waals surface area contributed by atoms with Crippen LogP contribution in [0.15, 0.2) is 18.2 Å². The molecular weight excluding hydrogens is 221 g/mol. The summed E-state index contributed by atoms with van der Waals surface area (Å²) in [5, 5.41) is 12.1. The van der Waals surface area contributed by atoms with Gasteiger partial charge in [0.2, 0.25) is 0 Å². The van der Waals surface area contributed by atoms with E-state index in [0.29, 0.717) is 13.0 Å². The van der Waals surface area contributed by atoms with Crippen molar-refractivity contribution in [2.24, 2.45) is 0 Å². The number of hydrogen-bond acceptors (Lipinski definition) is 3. The maximum Gasteiger partial charge on any atom is 0.165 e. The van der Waals surface area contributed by atoms with Crippen LogP contribution in [-0.2, 0) is 0 Å². The second kappa shape index (κ2) is 7.25. The number of aliphatic hydroxyl groups excluding tert-OH is 1. The van der Waals surface area contributed by atoms with Gasteiger partial charge in [-0.1, -0.05) is 13.0 Å². The van der Waals surface area contributed by atoms with E-state index in [9.17, 15) is 4.39 Å². The van der Waals surface area contributed by atoms with Gasteiger partial charge in [0.05, 0.1) is 0 Å². The fourth-order valence-electron chi connectivity index (χ4n) is 1.60. The summed E-state index contributed by atoms with van der Waals surface area (Å²) < 4.78 is 18.8. The number of rotatable bonds is 7. The highest BCUT2D eigenvalue weighted by molar-refractivity contribution is 5.29. The molecule has 0 fully saturated rings. The molecule has 1 aromatic carbocycles. The lowest BCUT2D eigenvalue weighted by atomic mass is 10.2. The minimum atomic E-state index is -0.352. The number of aryl methyl sites for hydroxylation is 1. The van der Waals surface area contributed by atoms with Crippen LogP contribution in [0.25, 0.3) is 0 Å². The Bertz CT molecular complexity index is 338. The van der Waals surface area contributed by atoms with Gasteiger partial charge in [0.25, 0.3) is 0 Å². The van der Waals surface area contributed by atoms with Gasteiger partial charge < -0.3 is 15.2 Å². The van der Waals surface area contributed by atoms with Crippen molar-refractivity contribution in [2.45, 2.75) is 26.3 Å². The van der Waals surface area contributed by atoms with Crippen LogP contribution in [0.1, 0.15) is 18.9 Å². The fourth-order valence-corrected chi connectivity index (χ4v) is 1.60. The highest BCUT2D eigenvalue weighted by atomic mass is 19.1. The Morgan fingerprint density at radius 2 is 2.24 bits per heavy atom. The molecule has 3 nitrogen and oxygen atoms in total. The highest BCUT2D eigenvalue weighted by Gasteiger charge is 2.09. The van der Waals surface area contributed by atoms with Gasteiger partial charge in [0.1, 0.15) is 6.61 Å². The standard InChI is InChI=1S/C13H20FNO2/c1-3-15-11(6-7-16)9-17-13-8-10(2)4-5-12(13)14/h4-5,8,11,15-16H,3,6-7,9H2,1-2H3. The van der Waals surface area contributed by atoms with E-state index < -0.39 is 0 Å². The second-order valence-corrected chi connectivity index (χ2v) is 4.01. The van der Waals surface area contributed by atoms with Gasteiger partial charge in [0, 0.05) is 12.6 Å². The Morgan fingerprint density at radius 1 is 1.47 bits per heavy atom. The molecule has 0 heterocycles. The van der Waals surface area contributed by atoms with E-state index in [-0.39, 0.29) is 24.2 Å². The molecule has 1 rings (SSSR count). The Hall–Kier alpha value is -1.13. The van der Waals surface area contributed by atoms with E-state index in [1.165, 1.54) is 6.07 Å². The monoisotopic (exact) mass is 241 g/mol. The molecule has 0 aliphatic heterocycles. The van der Waals surface area contributed by atoms with Crippen LogP contribution < -0.4 is 10.1 Å². The first kappa shape index (κ1) is 13.9. The number of aliphatic hydroxyl groups is 1. The molecule has 0 aliphatic rings. The third-order valence-electron chi connectivity index (χ3n) is 2.50. The van der Waals surface area contributed by atoms with Gasteiger partial charge >= 0.3 is 0 Å². The lowest BCUT2D eigenvalue weighted by Crippen LogP contribution is -2.35. The highest BCUT2D eigenvalue weighted by Crippen LogP contribution is 2.18. The minimum absolute atomic E-state index is 0.0462. The summed E-state index contributed by atoms with van der Waals surface area (Å²) in [5.74, 6) is -0.0827. The molecule has 0 amide bonds. The predicted octanol–water partition coefficient (Wildman–Crippen LogP) is 1.87. The third-order valence-corrected chi connectivity index (χ3v) is 2.50. The molecule has 4 heteroatoms. The Kier molecular flexibility index (Phi) is 5.94. The number of likely N-dealkylation sites (N-methyl/N-ethyl adjacent to an activating group) is 1. The predicted molar refractivity (Wildman–Crippen MR) is 65.8 cm³/mol. The van der Waals surface area contributed by atoms with E-state index >= 15 is 0 Å². The molecule has 0 aromatic heterocycles. The van der Waals surface area contributed by atoms with Crippen molar-refractivity contribution in [3.05, 3.63) is 29.6 Å². The summed E-state index contributed by atoms with van der Waals surface area (Å²) in [6.45, 7) is 5.12. The third kappa shape index (κ3) is 4.71. The quantitative estimate of drug-likeness (QED) is 0.765. The largest absolute Gasteiger partial charge is 0.489 e. The fraction of sp³-hybridized carbons (Fsp3) is 0.538. The Morgan fingerprint density at radius 3 is 2.88 bits per heavy atom. The first-order chi connectivity index (χ1) is 8.17. The molecule has 96 valence electrons. The average molecular weight is 241 g/mol. The zero-order valence-electron chi connectivity index (χ0n) is 10.4. The molecule has 17 heavy (non-hydrogen) atoms. The first-order valence-electron chi connectivity index (χ1n) is 5.90. The lowest BCUT2D eigenvalue weighted by molar-refractivity contribution is 0.210. The molecule has 1 atom stereocenters. The van der Waals surface area contributed by atoms with Gasteiger partial charge in [0.15, 0.2) is 11.6 Å². The van der Waals surface area contributed by atoms with Gasteiger partial charge in [-0.3, -0.25) is 0 Å². The van der Waals surface area contributed by atoms with E-state index in [1.54, 1.807) is 12.1 Å². The van der Waals surface area contributed by atoms with E-state index in [2.05, 4.69) is 5.32 Å². The molecular formula is C13H20FNO2. The van der Waals surface area contributed by atoms with Crippen molar-refractivity contribution in [3.8, 4) is 5.75 Å². The van der Waals surface area contributed by atoms with Crippen LogP contribution in [0.4, 0.5) is 4.39 Å². The van der Waals surface area contributed by atoms with Crippen molar-refractivity contribution < 1.29 is 14.2 Å². The molecule has 0 spiro atoms. The van der Waals surface area contributed by atoms with Gasteiger partial charge in [-0.25, -0.2) is 4.39 Å². The van der Waals surface area contributed by atoms with Crippen LogP contribution in [0.5, 0.6) is 5.75 Å². The molecule has 0 bridgehead atoms. The summed E-state index contributed by atoms with van der Waals surface area (Å²) in [5.41, 5.74) is 0.962. The SMILES string of the molecule is CCNC(CCO)COc1cc(C)ccc1F. The van der Waals surface area contributed by atoms with Gasteiger partial charge in [-0.15, -0.1) is 0 Å². The summed E-state index contributed by atoms with van der Waals surface area (Å²) in [4.78, 5) is 0. The van der Waals surface area contributed by atoms with E-state index in [4.69, 9.17) is 9.84 Å².